The first-order valence-electron chi connectivity index (χ1n) is 7.14. The molecule has 5 heteroatoms. The molecular weight excluding hydrogens is 264 g/mol. The number of hydrogen-bond acceptors (Lipinski definition) is 4. The van der Waals surface area contributed by atoms with Gasteiger partial charge in [0.25, 0.3) is 0 Å². The summed E-state index contributed by atoms with van der Waals surface area (Å²) in [4.78, 5) is 3.36. The maximum absolute atomic E-state index is 9.99. The number of para-hydroxylation sites is 1. The second-order valence-corrected chi connectivity index (χ2v) is 5.45. The molecule has 21 heavy (non-hydrogen) atoms. The van der Waals surface area contributed by atoms with Crippen molar-refractivity contribution in [1.29, 1.82) is 0 Å². The van der Waals surface area contributed by atoms with Crippen molar-refractivity contribution in [2.75, 3.05) is 6.54 Å². The summed E-state index contributed by atoms with van der Waals surface area (Å²) in [7, 11) is 0. The number of phenols is 1. The van der Waals surface area contributed by atoms with Crippen LogP contribution in [0.2, 0.25) is 0 Å². The summed E-state index contributed by atoms with van der Waals surface area (Å²) in [6.45, 7) is 3.13. The fraction of sp³-hybridized carbons (Fsp3) is 0.250. The lowest BCUT2D eigenvalue weighted by atomic mass is 9.99. The second kappa shape index (κ2) is 4.56. The molecule has 1 unspecified atom stereocenters. The van der Waals surface area contributed by atoms with Crippen LogP contribution in [0.3, 0.4) is 0 Å². The molecule has 3 N–H and O–H groups in total. The Bertz CT molecular complexity index is 824. The predicted molar refractivity (Wildman–Crippen MR) is 81.1 cm³/mol. The van der Waals surface area contributed by atoms with Crippen molar-refractivity contribution in [3.63, 3.8) is 0 Å². The molecule has 0 fully saturated rings. The van der Waals surface area contributed by atoms with Gasteiger partial charge in [0.2, 0.25) is 0 Å². The Labute approximate surface area is 122 Å². The monoisotopic (exact) mass is 280 g/mol. The zero-order chi connectivity index (χ0) is 14.4. The molecule has 1 aromatic carbocycles. The highest BCUT2D eigenvalue weighted by atomic mass is 16.3. The smallest absolute Gasteiger partial charge is 0.160 e. The number of aromatic nitrogens is 3. The maximum atomic E-state index is 9.99. The molecule has 1 atom stereocenters. The first kappa shape index (κ1) is 12.3. The van der Waals surface area contributed by atoms with E-state index < -0.39 is 0 Å². The molecule has 1 aliphatic heterocycles. The van der Waals surface area contributed by atoms with Gasteiger partial charge in [-0.2, -0.15) is 0 Å². The summed E-state index contributed by atoms with van der Waals surface area (Å²) in [6, 6.07) is 9.51. The van der Waals surface area contributed by atoms with Crippen molar-refractivity contribution in [3.8, 4) is 17.0 Å². The SMILES string of the molecule is CC1NCCc2[nH]c3nnc(-c4ccccc4O)cc3c21. The van der Waals surface area contributed by atoms with E-state index in [1.54, 1.807) is 12.1 Å². The molecule has 4 rings (SSSR count). The molecule has 0 amide bonds. The Balaban J connectivity index is 1.94. The van der Waals surface area contributed by atoms with Crippen LogP contribution in [0.4, 0.5) is 0 Å². The van der Waals surface area contributed by atoms with Crippen molar-refractivity contribution < 1.29 is 5.11 Å². The second-order valence-electron chi connectivity index (χ2n) is 5.45. The van der Waals surface area contributed by atoms with E-state index >= 15 is 0 Å². The van der Waals surface area contributed by atoms with Crippen LogP contribution in [-0.4, -0.2) is 26.8 Å². The minimum Gasteiger partial charge on any atom is -0.507 e. The first-order chi connectivity index (χ1) is 10.2. The molecule has 0 bridgehead atoms. The highest BCUT2D eigenvalue weighted by Gasteiger charge is 2.22. The van der Waals surface area contributed by atoms with Crippen molar-refractivity contribution in [2.45, 2.75) is 19.4 Å². The van der Waals surface area contributed by atoms with Crippen molar-refractivity contribution in [3.05, 3.63) is 41.6 Å². The quantitative estimate of drug-likeness (QED) is 0.640. The number of aromatic hydroxyl groups is 1. The third kappa shape index (κ3) is 1.89. The lowest BCUT2D eigenvalue weighted by molar-refractivity contribution is 0.477. The summed E-state index contributed by atoms with van der Waals surface area (Å²) in [5, 5.41) is 23.1. The summed E-state index contributed by atoms with van der Waals surface area (Å²) in [5.41, 5.74) is 4.72. The molecule has 5 nitrogen and oxygen atoms in total. The van der Waals surface area contributed by atoms with Gasteiger partial charge in [-0.3, -0.25) is 0 Å². The van der Waals surface area contributed by atoms with Gasteiger partial charge < -0.3 is 15.4 Å². The number of H-pyrrole nitrogens is 1. The topological polar surface area (TPSA) is 73.8 Å². The molecular formula is C16H16N4O. The number of hydrogen-bond donors (Lipinski definition) is 3. The van der Waals surface area contributed by atoms with Crippen LogP contribution >= 0.6 is 0 Å². The predicted octanol–water partition coefficient (Wildman–Crippen LogP) is 2.54. The average Bonchev–Trinajstić information content (AvgIpc) is 2.86. The number of benzene rings is 1. The molecule has 0 spiro atoms. The summed E-state index contributed by atoms with van der Waals surface area (Å²) in [5.74, 6) is 0.224. The van der Waals surface area contributed by atoms with Crippen LogP contribution in [0, 0.1) is 0 Å². The van der Waals surface area contributed by atoms with Gasteiger partial charge in [-0.15, -0.1) is 10.2 Å². The summed E-state index contributed by atoms with van der Waals surface area (Å²) in [6.07, 6.45) is 0.974. The Kier molecular flexibility index (Phi) is 2.68. The summed E-state index contributed by atoms with van der Waals surface area (Å²) >= 11 is 0. The Morgan fingerprint density at radius 2 is 2.10 bits per heavy atom. The number of nitrogens with one attached hydrogen (secondary N) is 2. The van der Waals surface area contributed by atoms with Crippen LogP contribution in [0.1, 0.15) is 24.2 Å². The number of nitrogens with zero attached hydrogens (tertiary/aromatic N) is 2. The Morgan fingerprint density at radius 3 is 2.95 bits per heavy atom. The minimum atomic E-state index is 0.224. The molecule has 1 aliphatic rings. The van der Waals surface area contributed by atoms with Gasteiger partial charge in [0, 0.05) is 35.7 Å². The van der Waals surface area contributed by atoms with Gasteiger partial charge in [-0.1, -0.05) is 12.1 Å². The van der Waals surface area contributed by atoms with Crippen molar-refractivity contribution in [2.24, 2.45) is 0 Å². The number of phenolic OH excluding ortho intramolecular Hbond substituents is 1. The van der Waals surface area contributed by atoms with E-state index in [0.717, 1.165) is 24.0 Å². The highest BCUT2D eigenvalue weighted by Crippen LogP contribution is 2.33. The largest absolute Gasteiger partial charge is 0.507 e. The van der Waals surface area contributed by atoms with Gasteiger partial charge in [-0.25, -0.2) is 0 Å². The van der Waals surface area contributed by atoms with Crippen LogP contribution in [0.15, 0.2) is 30.3 Å². The lowest BCUT2D eigenvalue weighted by Gasteiger charge is -2.20. The van der Waals surface area contributed by atoms with Gasteiger partial charge in [0.15, 0.2) is 5.65 Å². The Hall–Kier alpha value is -2.40. The van der Waals surface area contributed by atoms with Gasteiger partial charge >= 0.3 is 0 Å². The third-order valence-corrected chi connectivity index (χ3v) is 4.12. The van der Waals surface area contributed by atoms with E-state index in [2.05, 4.69) is 27.4 Å². The third-order valence-electron chi connectivity index (χ3n) is 4.12. The van der Waals surface area contributed by atoms with Gasteiger partial charge in [0.05, 0.1) is 5.69 Å². The molecule has 0 saturated carbocycles. The summed E-state index contributed by atoms with van der Waals surface area (Å²) < 4.78 is 0. The highest BCUT2D eigenvalue weighted by molar-refractivity contribution is 5.85. The fourth-order valence-electron chi connectivity index (χ4n) is 3.09. The zero-order valence-corrected chi connectivity index (χ0v) is 11.7. The van der Waals surface area contributed by atoms with E-state index in [0.29, 0.717) is 17.3 Å². The number of fused-ring (bicyclic) bond motifs is 3. The van der Waals surface area contributed by atoms with E-state index in [4.69, 9.17) is 0 Å². The molecule has 2 aromatic heterocycles. The van der Waals surface area contributed by atoms with Gasteiger partial charge in [0.1, 0.15) is 5.75 Å². The zero-order valence-electron chi connectivity index (χ0n) is 11.7. The standard InChI is InChI=1S/C16H16N4O/c1-9-15-11-8-13(10-4-2-3-5-14(10)21)19-20-16(11)18-12(15)6-7-17-9/h2-5,8-9,17,21H,6-7H2,1H3,(H,18,20). The molecule has 3 aromatic rings. The number of aromatic amines is 1. The fourth-order valence-corrected chi connectivity index (χ4v) is 3.09. The molecule has 3 heterocycles. The first-order valence-corrected chi connectivity index (χ1v) is 7.14. The van der Waals surface area contributed by atoms with E-state index in [1.807, 2.05) is 18.2 Å². The van der Waals surface area contributed by atoms with Gasteiger partial charge in [-0.05, 0) is 30.7 Å². The average molecular weight is 280 g/mol. The van der Waals surface area contributed by atoms with Crippen LogP contribution in [0.25, 0.3) is 22.3 Å². The molecule has 0 aliphatic carbocycles. The van der Waals surface area contributed by atoms with E-state index in [-0.39, 0.29) is 5.75 Å². The van der Waals surface area contributed by atoms with Crippen LogP contribution < -0.4 is 5.32 Å². The molecule has 106 valence electrons. The lowest BCUT2D eigenvalue weighted by Crippen LogP contribution is -2.27. The minimum absolute atomic E-state index is 0.224. The molecule has 0 radical (unpaired) electrons. The van der Waals surface area contributed by atoms with Crippen molar-refractivity contribution in [1.82, 2.24) is 20.5 Å². The normalized spacial score (nSPS) is 17.9. The number of rotatable bonds is 1. The van der Waals surface area contributed by atoms with Crippen LogP contribution in [-0.2, 0) is 6.42 Å². The molecule has 0 saturated heterocycles. The van der Waals surface area contributed by atoms with E-state index in [9.17, 15) is 5.11 Å². The van der Waals surface area contributed by atoms with E-state index in [1.165, 1.54) is 11.3 Å². The Morgan fingerprint density at radius 1 is 1.24 bits per heavy atom. The van der Waals surface area contributed by atoms with Crippen molar-refractivity contribution >= 4 is 11.0 Å². The maximum Gasteiger partial charge on any atom is 0.160 e. The van der Waals surface area contributed by atoms with Crippen LogP contribution in [0.5, 0.6) is 5.75 Å².